The molecule has 110 valence electrons. The van der Waals surface area contributed by atoms with Gasteiger partial charge in [0.1, 0.15) is 0 Å². The van der Waals surface area contributed by atoms with E-state index in [1.807, 2.05) is 12.1 Å². The molecule has 0 bridgehead atoms. The van der Waals surface area contributed by atoms with Crippen molar-refractivity contribution in [3.63, 3.8) is 0 Å². The van der Waals surface area contributed by atoms with Gasteiger partial charge in [0, 0.05) is 23.3 Å². The largest absolute Gasteiger partial charge is 0.381 e. The van der Waals surface area contributed by atoms with Crippen LogP contribution in [0.15, 0.2) is 48.5 Å². The Balaban J connectivity index is 1.41. The Labute approximate surface area is 131 Å². The Kier molecular flexibility index (Phi) is 4.79. The van der Waals surface area contributed by atoms with Gasteiger partial charge in [-0.25, -0.2) is 0 Å². The molecule has 0 fully saturated rings. The molecule has 0 spiro atoms. The van der Waals surface area contributed by atoms with E-state index in [9.17, 15) is 0 Å². The molecule has 21 heavy (non-hydrogen) atoms. The first-order valence-electron chi connectivity index (χ1n) is 7.61. The Morgan fingerprint density at radius 1 is 1.10 bits per heavy atom. The van der Waals surface area contributed by atoms with E-state index < -0.39 is 0 Å². The number of halogens is 1. The number of benzene rings is 2. The van der Waals surface area contributed by atoms with E-state index >= 15 is 0 Å². The molecule has 0 unspecified atom stereocenters. The normalized spacial score (nSPS) is 17.1. The number of rotatable bonds is 5. The molecule has 1 atom stereocenters. The minimum atomic E-state index is 0.533. The predicted molar refractivity (Wildman–Crippen MR) is 90.2 cm³/mol. The van der Waals surface area contributed by atoms with Crippen LogP contribution in [-0.2, 0) is 12.8 Å². The Bertz CT molecular complexity index is 580. The zero-order chi connectivity index (χ0) is 14.5. The zero-order valence-electron chi connectivity index (χ0n) is 12.1. The van der Waals surface area contributed by atoms with Gasteiger partial charge in [0.25, 0.3) is 0 Å². The third-order valence-corrected chi connectivity index (χ3v) is 4.29. The minimum Gasteiger partial charge on any atom is -0.381 e. The zero-order valence-corrected chi connectivity index (χ0v) is 12.9. The van der Waals surface area contributed by atoms with Crippen LogP contribution in [-0.4, -0.2) is 19.1 Å². The molecule has 2 N–H and O–H groups in total. The summed E-state index contributed by atoms with van der Waals surface area (Å²) in [5, 5.41) is 7.98. The van der Waals surface area contributed by atoms with Crippen molar-refractivity contribution in [1.29, 1.82) is 0 Å². The average Bonchev–Trinajstić information content (AvgIpc) is 2.53. The summed E-state index contributed by atoms with van der Waals surface area (Å²) in [6.45, 7) is 2.02. The van der Waals surface area contributed by atoms with Gasteiger partial charge in [-0.1, -0.05) is 41.9 Å². The lowest BCUT2D eigenvalue weighted by Crippen LogP contribution is -2.36. The molecule has 2 aromatic rings. The third-order valence-electron chi connectivity index (χ3n) is 4.03. The van der Waals surface area contributed by atoms with Gasteiger partial charge in [-0.2, -0.15) is 0 Å². The van der Waals surface area contributed by atoms with Crippen LogP contribution in [0.4, 0.5) is 5.69 Å². The lowest BCUT2D eigenvalue weighted by atomic mass is 9.98. The summed E-state index contributed by atoms with van der Waals surface area (Å²) in [6.07, 6.45) is 3.41. The number of hydrogen-bond acceptors (Lipinski definition) is 2. The van der Waals surface area contributed by atoms with Crippen molar-refractivity contribution < 1.29 is 0 Å². The van der Waals surface area contributed by atoms with E-state index in [-0.39, 0.29) is 0 Å². The first-order chi connectivity index (χ1) is 10.3. The molecule has 0 radical (unpaired) electrons. The molecule has 1 heterocycles. The summed E-state index contributed by atoms with van der Waals surface area (Å²) in [7, 11) is 0. The second kappa shape index (κ2) is 6.97. The fourth-order valence-electron chi connectivity index (χ4n) is 2.81. The van der Waals surface area contributed by atoms with Gasteiger partial charge in [0.05, 0.1) is 0 Å². The highest BCUT2D eigenvalue weighted by atomic mass is 35.5. The molecule has 0 saturated heterocycles. The summed E-state index contributed by atoms with van der Waals surface area (Å²) in [5.41, 5.74) is 4.07. The van der Waals surface area contributed by atoms with E-state index in [1.165, 1.54) is 29.7 Å². The van der Waals surface area contributed by atoms with Gasteiger partial charge in [0.15, 0.2) is 0 Å². The van der Waals surface area contributed by atoms with Crippen LogP contribution in [0.3, 0.4) is 0 Å². The predicted octanol–water partition coefficient (Wildman–Crippen LogP) is 3.90. The number of hydrogen-bond donors (Lipinski definition) is 2. The molecule has 3 rings (SSSR count). The van der Waals surface area contributed by atoms with Crippen molar-refractivity contribution in [2.45, 2.75) is 25.3 Å². The van der Waals surface area contributed by atoms with Crippen LogP contribution >= 0.6 is 11.6 Å². The van der Waals surface area contributed by atoms with Gasteiger partial charge >= 0.3 is 0 Å². The van der Waals surface area contributed by atoms with Crippen molar-refractivity contribution in [3.05, 3.63) is 64.7 Å². The fraction of sp³-hybridized carbons (Fsp3) is 0.333. The van der Waals surface area contributed by atoms with E-state index in [0.29, 0.717) is 6.04 Å². The first kappa shape index (κ1) is 14.4. The topological polar surface area (TPSA) is 24.1 Å². The third kappa shape index (κ3) is 3.99. The molecule has 1 aliphatic heterocycles. The Morgan fingerprint density at radius 3 is 2.76 bits per heavy atom. The van der Waals surface area contributed by atoms with Gasteiger partial charge in [0.2, 0.25) is 0 Å². The summed E-state index contributed by atoms with van der Waals surface area (Å²) in [6, 6.07) is 17.2. The van der Waals surface area contributed by atoms with E-state index in [1.54, 1.807) is 0 Å². The van der Waals surface area contributed by atoms with Crippen LogP contribution in [0.2, 0.25) is 5.02 Å². The number of aryl methyl sites for hydroxylation is 1. The first-order valence-corrected chi connectivity index (χ1v) is 7.99. The molecule has 2 nitrogen and oxygen atoms in total. The minimum absolute atomic E-state index is 0.533. The molecule has 0 aromatic heterocycles. The van der Waals surface area contributed by atoms with E-state index in [2.05, 4.69) is 47.0 Å². The standard InChI is InChI=1S/C18H21ClN2/c19-16-8-5-14(6-9-16)11-12-20-13-17-10-7-15-3-1-2-4-18(15)21-17/h1-6,8-9,17,20-21H,7,10-13H2/t17-/m0/s1. The lowest BCUT2D eigenvalue weighted by Gasteiger charge is -2.27. The van der Waals surface area contributed by atoms with Gasteiger partial charge in [-0.15, -0.1) is 0 Å². The highest BCUT2D eigenvalue weighted by molar-refractivity contribution is 6.30. The maximum atomic E-state index is 5.89. The Hall–Kier alpha value is -1.51. The van der Waals surface area contributed by atoms with Gasteiger partial charge in [-0.05, 0) is 55.1 Å². The maximum absolute atomic E-state index is 5.89. The van der Waals surface area contributed by atoms with Crippen LogP contribution in [0, 0.1) is 0 Å². The monoisotopic (exact) mass is 300 g/mol. The van der Waals surface area contributed by atoms with Crippen molar-refractivity contribution in [3.8, 4) is 0 Å². The number of para-hydroxylation sites is 1. The average molecular weight is 301 g/mol. The Morgan fingerprint density at radius 2 is 1.90 bits per heavy atom. The van der Waals surface area contributed by atoms with Crippen molar-refractivity contribution in [2.24, 2.45) is 0 Å². The SMILES string of the molecule is Clc1ccc(CCNC[C@@H]2CCc3ccccc3N2)cc1. The van der Waals surface area contributed by atoms with Crippen molar-refractivity contribution in [2.75, 3.05) is 18.4 Å². The van der Waals surface area contributed by atoms with Crippen LogP contribution < -0.4 is 10.6 Å². The molecule has 3 heteroatoms. The second-order valence-electron chi connectivity index (χ2n) is 5.62. The van der Waals surface area contributed by atoms with Gasteiger partial charge in [-0.3, -0.25) is 0 Å². The summed E-state index contributed by atoms with van der Waals surface area (Å²) in [5.74, 6) is 0. The van der Waals surface area contributed by atoms with E-state index in [0.717, 1.165) is 24.5 Å². The highest BCUT2D eigenvalue weighted by Crippen LogP contribution is 2.23. The van der Waals surface area contributed by atoms with Crippen molar-refractivity contribution >= 4 is 17.3 Å². The molecule has 0 saturated carbocycles. The molecule has 2 aromatic carbocycles. The molecule has 1 aliphatic rings. The summed E-state index contributed by atoms with van der Waals surface area (Å²) >= 11 is 5.89. The summed E-state index contributed by atoms with van der Waals surface area (Å²) < 4.78 is 0. The highest BCUT2D eigenvalue weighted by Gasteiger charge is 2.16. The maximum Gasteiger partial charge on any atom is 0.0406 e. The van der Waals surface area contributed by atoms with Gasteiger partial charge < -0.3 is 10.6 Å². The molecular formula is C18H21ClN2. The smallest absolute Gasteiger partial charge is 0.0406 e. The quantitative estimate of drug-likeness (QED) is 0.818. The number of fused-ring (bicyclic) bond motifs is 1. The van der Waals surface area contributed by atoms with Crippen molar-refractivity contribution in [1.82, 2.24) is 5.32 Å². The molecule has 0 aliphatic carbocycles. The summed E-state index contributed by atoms with van der Waals surface area (Å²) in [4.78, 5) is 0. The van der Waals surface area contributed by atoms with E-state index in [4.69, 9.17) is 11.6 Å². The van der Waals surface area contributed by atoms with Crippen LogP contribution in [0.1, 0.15) is 17.5 Å². The second-order valence-corrected chi connectivity index (χ2v) is 6.05. The molecule has 0 amide bonds. The van der Waals surface area contributed by atoms with Crippen LogP contribution in [0.5, 0.6) is 0 Å². The lowest BCUT2D eigenvalue weighted by molar-refractivity contribution is 0.560. The number of nitrogens with one attached hydrogen (secondary N) is 2. The fourth-order valence-corrected chi connectivity index (χ4v) is 2.94. The number of anilines is 1. The van der Waals surface area contributed by atoms with Crippen LogP contribution in [0.25, 0.3) is 0 Å². The molecular weight excluding hydrogens is 280 g/mol.